The average Bonchev–Trinajstić information content (AvgIpc) is 0.822. The number of aliphatic hydroxyl groups excluding tert-OH is 3. The zero-order chi connectivity index (χ0) is 106. The third-order valence-corrected chi connectivity index (χ3v) is 23.7. The summed E-state index contributed by atoms with van der Waals surface area (Å²) >= 11 is 34.8. The fraction of sp³-hybridized carbons (Fsp3) is 0.663. The molecule has 0 bridgehead atoms. The van der Waals surface area contributed by atoms with Crippen molar-refractivity contribution in [2.75, 3.05) is 62.0 Å². The van der Waals surface area contributed by atoms with Crippen LogP contribution in [0.25, 0.3) is 0 Å². The SMILES string of the molecule is C#CCN.C#CCNC(=O)OC(C)(C)C.C#CCNC(=O)OC(C)(C)C.CC(C)(C)OC(=O)NCC#Cc1cnc(Cl)nc1NC1(C=O)CCCCC1.CC(C)(C)OC(=O)OC(=O)OC(C)(C)C.Clc1ncc(I)c(Cl)n1.NC1(C(=O)O)CCCCC1.NC1(CO)CCCCC1.NC1(CO)CCCCC1.O=CC1(Nc2nc(Cl)ncc2I)CCCCC1.OCC1(Nc2nc(Cl)ncc2I)CCCCC1. The topological polar surface area (TPSA) is 552 Å². The summed E-state index contributed by atoms with van der Waals surface area (Å²) in [6.07, 6.45) is 50.0. The lowest BCUT2D eigenvalue weighted by Gasteiger charge is -2.37. The molecule has 4 aromatic rings. The number of ether oxygens (including phenoxy) is 6. The molecule has 6 saturated carbocycles. The molecule has 4 aromatic heterocycles. The Hall–Kier alpha value is -7.32. The van der Waals surface area contributed by atoms with Crippen LogP contribution in [0.3, 0.4) is 0 Å². The highest BCUT2D eigenvalue weighted by Gasteiger charge is 2.38. The summed E-state index contributed by atoms with van der Waals surface area (Å²) in [5.41, 5.74) is 16.9. The Morgan fingerprint density at radius 1 is 0.417 bits per heavy atom. The molecule has 6 fully saturated rings. The van der Waals surface area contributed by atoms with Gasteiger partial charge in [-0.05, 0) is 295 Å². The van der Waals surface area contributed by atoms with E-state index in [2.05, 4.69) is 158 Å². The summed E-state index contributed by atoms with van der Waals surface area (Å²) < 4.78 is 31.3. The smallest absolute Gasteiger partial charge is 0.480 e. The molecule has 4 heterocycles. The number of nitrogens with two attached hydrogens (primary N) is 4. The van der Waals surface area contributed by atoms with Gasteiger partial charge in [0.15, 0.2) is 0 Å². The number of rotatable bonds is 15. The van der Waals surface area contributed by atoms with Gasteiger partial charge in [0.25, 0.3) is 0 Å². The quantitative estimate of drug-likeness (QED) is 0.00768. The van der Waals surface area contributed by atoms with Crippen LogP contribution in [0.1, 0.15) is 302 Å². The molecule has 0 aliphatic heterocycles. The van der Waals surface area contributed by atoms with E-state index in [1.807, 2.05) is 22.6 Å². The fourth-order valence-electron chi connectivity index (χ4n) is 13.2. The Labute approximate surface area is 886 Å². The van der Waals surface area contributed by atoms with Crippen LogP contribution in [0.4, 0.5) is 41.4 Å². The average molecular weight is 2390 g/mol. The number of hydrogen-bond acceptors (Lipinski definition) is 32. The minimum Gasteiger partial charge on any atom is -0.480 e. The molecule has 0 spiro atoms. The number of hydrogen-bond donors (Lipinski definition) is 14. The molecule has 0 saturated heterocycles. The van der Waals surface area contributed by atoms with Crippen molar-refractivity contribution in [2.24, 2.45) is 22.9 Å². The van der Waals surface area contributed by atoms with Crippen molar-refractivity contribution in [1.82, 2.24) is 55.8 Å². The normalized spacial score (nSPS) is 16.4. The molecule has 3 amide bonds. The van der Waals surface area contributed by atoms with Gasteiger partial charge in [-0.1, -0.05) is 157 Å². The molecule has 139 heavy (non-hydrogen) atoms. The van der Waals surface area contributed by atoms with Gasteiger partial charge in [0.1, 0.15) is 68.7 Å². The molecule has 44 heteroatoms. The van der Waals surface area contributed by atoms with Gasteiger partial charge in [0, 0.05) is 35.9 Å². The first-order valence-electron chi connectivity index (χ1n) is 45.7. The number of aromatic nitrogens is 8. The lowest BCUT2D eigenvalue weighted by molar-refractivity contribution is -0.144. The van der Waals surface area contributed by atoms with E-state index in [0.717, 1.165) is 158 Å². The molecule has 18 N–H and O–H groups in total. The van der Waals surface area contributed by atoms with E-state index in [0.29, 0.717) is 41.7 Å². The molecule has 6 aliphatic rings. The number of nitrogens with zero attached hydrogens (tertiary/aromatic N) is 8. The van der Waals surface area contributed by atoms with Crippen molar-refractivity contribution in [1.29, 1.82) is 0 Å². The van der Waals surface area contributed by atoms with E-state index < -0.39 is 81.2 Å². The molecule has 36 nitrogen and oxygen atoms in total. The minimum atomic E-state index is -1.06. The molecule has 780 valence electrons. The Balaban J connectivity index is 0.00000155. The number of amides is 3. The number of alkyl carbamates (subject to hydrolysis) is 3. The number of carboxylic acid groups (broad SMARTS) is 1. The van der Waals surface area contributed by atoms with E-state index >= 15 is 0 Å². The van der Waals surface area contributed by atoms with Gasteiger partial charge in [-0.3, -0.25) is 4.79 Å². The molecule has 6 aliphatic carbocycles. The number of nitrogens with one attached hydrogen (secondary N) is 6. The van der Waals surface area contributed by atoms with Crippen molar-refractivity contribution < 1.29 is 87.2 Å². The van der Waals surface area contributed by atoms with Crippen molar-refractivity contribution in [3.05, 3.63) is 67.3 Å². The van der Waals surface area contributed by atoms with Crippen LogP contribution >= 0.6 is 126 Å². The van der Waals surface area contributed by atoms with Gasteiger partial charge < -0.3 is 113 Å². The number of halogens is 8. The monoisotopic (exact) mass is 2380 g/mol. The first-order valence-corrected chi connectivity index (χ1v) is 50.8. The fourth-order valence-corrected chi connectivity index (χ4v) is 15.0. The van der Waals surface area contributed by atoms with Gasteiger partial charge in [-0.2, -0.15) is 15.0 Å². The molecule has 0 aromatic carbocycles. The Morgan fingerprint density at radius 2 is 0.712 bits per heavy atom. The van der Waals surface area contributed by atoms with Crippen molar-refractivity contribution in [2.45, 2.75) is 358 Å². The maximum Gasteiger partial charge on any atom is 0.519 e. The number of aldehydes is 2. The lowest BCUT2D eigenvalue weighted by Crippen LogP contribution is -2.49. The number of carbonyl (C=O) groups is 8. The van der Waals surface area contributed by atoms with Crippen LogP contribution < -0.4 is 54.8 Å². The number of carbonyl (C=O) groups excluding carboxylic acids is 7. The molecule has 0 unspecified atom stereocenters. The predicted molar refractivity (Wildman–Crippen MR) is 569 cm³/mol. The predicted octanol–water partition coefficient (Wildman–Crippen LogP) is 18.4. The molecular formula is C95H146Cl5I3N18O18. The van der Waals surface area contributed by atoms with Crippen LogP contribution in [-0.2, 0) is 42.8 Å². The maximum atomic E-state index is 11.7. The van der Waals surface area contributed by atoms with Crippen LogP contribution in [0.15, 0.2) is 24.8 Å². The zero-order valence-corrected chi connectivity index (χ0v) is 93.0. The van der Waals surface area contributed by atoms with Gasteiger partial charge in [0.05, 0.1) is 78.9 Å². The number of carboxylic acids is 1. The number of aliphatic hydroxyl groups is 3. The second kappa shape index (κ2) is 67.3. The summed E-state index contributed by atoms with van der Waals surface area (Å²) in [7, 11) is 0. The van der Waals surface area contributed by atoms with Gasteiger partial charge >= 0.3 is 36.6 Å². The van der Waals surface area contributed by atoms with E-state index in [1.165, 1.54) is 57.6 Å². The number of aliphatic carboxylic acids is 1. The van der Waals surface area contributed by atoms with Gasteiger partial charge in [-0.25, -0.2) is 48.9 Å². The highest BCUT2D eigenvalue weighted by Crippen LogP contribution is 2.36. The van der Waals surface area contributed by atoms with Crippen LogP contribution in [0, 0.1) is 59.6 Å². The summed E-state index contributed by atoms with van der Waals surface area (Å²) in [4.78, 5) is 120. The Morgan fingerprint density at radius 3 is 1.00 bits per heavy atom. The van der Waals surface area contributed by atoms with E-state index in [4.69, 9.17) is 133 Å². The summed E-state index contributed by atoms with van der Waals surface area (Å²) in [6.45, 7) is 27.5. The Bertz CT molecular complexity index is 4480. The molecule has 0 radical (unpaired) electrons. The van der Waals surface area contributed by atoms with E-state index in [-0.39, 0.29) is 77.2 Å². The van der Waals surface area contributed by atoms with E-state index in [1.54, 1.807) is 122 Å². The molecule has 10 rings (SSSR count). The van der Waals surface area contributed by atoms with Crippen LogP contribution in [0.2, 0.25) is 26.3 Å². The van der Waals surface area contributed by atoms with E-state index in [9.17, 15) is 43.5 Å². The summed E-state index contributed by atoms with van der Waals surface area (Å²) in [5, 5.41) is 54.2. The second-order valence-electron chi connectivity index (χ2n) is 38.3. The summed E-state index contributed by atoms with van der Waals surface area (Å²) in [6, 6.07) is 0. The van der Waals surface area contributed by atoms with Gasteiger partial charge in [-0.15, -0.1) is 19.3 Å². The van der Waals surface area contributed by atoms with Crippen LogP contribution in [0.5, 0.6) is 0 Å². The molecule has 0 atom stereocenters. The first-order chi connectivity index (χ1) is 64.7. The number of terminal acetylenes is 3. The summed E-state index contributed by atoms with van der Waals surface area (Å²) in [5.74, 6) is 13.5. The largest absolute Gasteiger partial charge is 0.519 e. The highest BCUT2D eigenvalue weighted by atomic mass is 127. The third kappa shape index (κ3) is 62.8. The Kier molecular flexibility index (Phi) is 63.8. The van der Waals surface area contributed by atoms with Crippen molar-refractivity contribution >= 4 is 192 Å². The van der Waals surface area contributed by atoms with Crippen LogP contribution in [-0.4, -0.2) is 217 Å². The van der Waals surface area contributed by atoms with Crippen molar-refractivity contribution in [3.63, 3.8) is 0 Å². The number of anilines is 3. The first kappa shape index (κ1) is 132. The minimum absolute atomic E-state index is 0.0757. The van der Waals surface area contributed by atoms with Crippen molar-refractivity contribution in [3.8, 4) is 48.9 Å². The zero-order valence-electron chi connectivity index (χ0n) is 82.8. The van der Waals surface area contributed by atoms with Gasteiger partial charge in [0.2, 0.25) is 21.1 Å². The highest BCUT2D eigenvalue weighted by molar-refractivity contribution is 14.1. The standard InChI is InChI=1S/C19H25ClN4O3.C11H15ClIN3O.C11H13ClIN3O.C10H18O5.2C8H13NO2.C7H13NO2.2C7H15NO.C4HCl2IN2.C3H5N/c1-18(2,3)27-17(26)21-11-7-8-14-12-22-16(20)23-15(14)24-19(13-25)9-5-4-6-10-19;2*12-10-14-6-8(13)9(15-10)16-11(7-17)4-2-1-3-5-11;1-9(2,3)14-7(11)13-8(12)15-10(4,5)6;2*1-5-6-9-7(10)11-8(2,3)4;8-7(6(9)10)4-2-1-3-5-7;2*8-7(6-9)4-2-1-3-5-7;5-3-2(7)1-8-4(6)9-3;1-2-3-4/h12-13H,4-6,9-11H2,1-3H3,(H,21,26)(H,22,23,24);6,17H,1-5,7H2,(H,14,15,16);6-7H,1-5H2,(H,14,15,16);1-6H3;2*1H,6H2,2-4H3,(H,9,10);1-5,8H2,(H,9,10);2*9H,1-6,8H2;1H;1H,3-4H2. The second-order valence-corrected chi connectivity index (χ2v) is 43.5. The molecular weight excluding hydrogens is 2240 g/mol. The lowest BCUT2D eigenvalue weighted by atomic mass is 9.82. The maximum absolute atomic E-state index is 11.7. The third-order valence-electron chi connectivity index (χ3n) is 20.0.